The van der Waals surface area contributed by atoms with Crippen molar-refractivity contribution in [1.29, 1.82) is 0 Å². The van der Waals surface area contributed by atoms with Gasteiger partial charge in [-0.3, -0.25) is 0 Å². The topological polar surface area (TPSA) is 75.6 Å². The number of hydrogen-bond acceptors (Lipinski definition) is 4. The van der Waals surface area contributed by atoms with Crippen LogP contribution in [0.25, 0.3) is 21.6 Å². The molecule has 1 aromatic heterocycles. The first kappa shape index (κ1) is 21.9. The molecule has 0 saturated carbocycles. The largest absolute Gasteiger partial charge is 0.480 e. The Kier molecular flexibility index (Phi) is 6.14. The Morgan fingerprint density at radius 2 is 1.53 bits per heavy atom. The van der Waals surface area contributed by atoms with Gasteiger partial charge in [-0.25, -0.2) is 9.59 Å². The fourth-order valence-electron chi connectivity index (χ4n) is 4.47. The van der Waals surface area contributed by atoms with Gasteiger partial charge in [0.15, 0.2) is 0 Å². The number of nitrogens with one attached hydrogen (secondary N) is 1. The van der Waals surface area contributed by atoms with Gasteiger partial charge in [-0.2, -0.15) is 0 Å². The summed E-state index contributed by atoms with van der Waals surface area (Å²) in [7, 11) is 0. The van der Waals surface area contributed by atoms with Crippen molar-refractivity contribution in [1.82, 2.24) is 5.32 Å². The van der Waals surface area contributed by atoms with Crippen molar-refractivity contribution in [2.45, 2.75) is 18.4 Å². The molecule has 1 amide bonds. The summed E-state index contributed by atoms with van der Waals surface area (Å²) in [5.74, 6) is -1.18. The minimum absolute atomic E-state index is 0.0776. The van der Waals surface area contributed by atoms with E-state index in [0.29, 0.717) is 0 Å². The summed E-state index contributed by atoms with van der Waals surface area (Å²) in [4.78, 5) is 25.5. The van der Waals surface area contributed by atoms with Crippen LogP contribution >= 0.6 is 11.3 Å². The number of carboxylic acids is 1. The number of thiophene rings is 1. The molecule has 1 unspecified atom stereocenters. The number of carbonyl (C=O) groups is 2. The molecule has 0 radical (unpaired) electrons. The van der Waals surface area contributed by atoms with Gasteiger partial charge >= 0.3 is 12.1 Å². The van der Waals surface area contributed by atoms with Crippen molar-refractivity contribution >= 4 is 23.4 Å². The standard InChI is InChI=1S/C28H23NO4S/c30-27(31)25(16-18-11-13-19(14-12-18)26-10-5-15-34-26)29-28(32)33-17-24-22-8-3-1-6-20(22)21-7-2-4-9-23(21)24/h1-15,24-25H,16-17H2,(H,29,32)(H,30,31). The van der Waals surface area contributed by atoms with Crippen molar-refractivity contribution in [3.8, 4) is 21.6 Å². The highest BCUT2D eigenvalue weighted by molar-refractivity contribution is 7.13. The zero-order valence-corrected chi connectivity index (χ0v) is 19.1. The Morgan fingerprint density at radius 1 is 0.882 bits per heavy atom. The van der Waals surface area contributed by atoms with Gasteiger partial charge in [0.2, 0.25) is 0 Å². The van der Waals surface area contributed by atoms with Crippen LogP contribution in [-0.4, -0.2) is 29.8 Å². The molecule has 3 aromatic carbocycles. The van der Waals surface area contributed by atoms with E-state index in [9.17, 15) is 14.7 Å². The summed E-state index contributed by atoms with van der Waals surface area (Å²) in [6.07, 6.45) is -0.561. The van der Waals surface area contributed by atoms with Crippen molar-refractivity contribution < 1.29 is 19.4 Å². The highest BCUT2D eigenvalue weighted by Crippen LogP contribution is 2.44. The number of amides is 1. The third kappa shape index (κ3) is 4.45. The lowest BCUT2D eigenvalue weighted by Crippen LogP contribution is -2.42. The fourth-order valence-corrected chi connectivity index (χ4v) is 5.20. The first-order chi connectivity index (χ1) is 16.6. The molecule has 0 saturated heterocycles. The predicted molar refractivity (Wildman–Crippen MR) is 133 cm³/mol. The number of alkyl carbamates (subject to hydrolysis) is 1. The predicted octanol–water partition coefficient (Wildman–Crippen LogP) is 5.95. The number of benzene rings is 3. The van der Waals surface area contributed by atoms with Crippen LogP contribution in [0.4, 0.5) is 4.79 Å². The van der Waals surface area contributed by atoms with E-state index in [1.54, 1.807) is 11.3 Å². The Balaban J connectivity index is 1.23. The summed E-state index contributed by atoms with van der Waals surface area (Å²) in [6.45, 7) is 0.141. The summed E-state index contributed by atoms with van der Waals surface area (Å²) in [5, 5.41) is 14.2. The quantitative estimate of drug-likeness (QED) is 0.351. The van der Waals surface area contributed by atoms with Crippen LogP contribution in [0.15, 0.2) is 90.3 Å². The maximum Gasteiger partial charge on any atom is 0.407 e. The van der Waals surface area contributed by atoms with Crippen molar-refractivity contribution in [3.63, 3.8) is 0 Å². The number of rotatable bonds is 7. The maximum absolute atomic E-state index is 12.5. The van der Waals surface area contributed by atoms with Crippen molar-refractivity contribution in [2.24, 2.45) is 0 Å². The average Bonchev–Trinajstić information content (AvgIpc) is 3.50. The number of hydrogen-bond donors (Lipinski definition) is 2. The lowest BCUT2D eigenvalue weighted by atomic mass is 9.98. The Bertz CT molecular complexity index is 1270. The molecule has 0 aliphatic heterocycles. The van der Waals surface area contributed by atoms with E-state index in [1.165, 1.54) is 0 Å². The second kappa shape index (κ2) is 9.53. The SMILES string of the molecule is O=C(NC(Cc1ccc(-c2cccs2)cc1)C(=O)O)OCC1c2ccccc2-c2ccccc21. The van der Waals surface area contributed by atoms with Crippen molar-refractivity contribution in [3.05, 3.63) is 107 Å². The highest BCUT2D eigenvalue weighted by atomic mass is 32.1. The average molecular weight is 470 g/mol. The van der Waals surface area contributed by atoms with E-state index in [0.717, 1.165) is 38.3 Å². The molecule has 170 valence electrons. The molecule has 4 aromatic rings. The zero-order chi connectivity index (χ0) is 23.5. The van der Waals surface area contributed by atoms with Gasteiger partial charge in [-0.1, -0.05) is 78.9 Å². The molecule has 1 aliphatic carbocycles. The molecule has 0 fully saturated rings. The second-order valence-corrected chi connectivity index (χ2v) is 9.19. The molecule has 6 heteroatoms. The van der Waals surface area contributed by atoms with Gasteiger partial charge in [-0.05, 0) is 44.8 Å². The summed E-state index contributed by atoms with van der Waals surface area (Å²) in [6, 6.07) is 26.8. The van der Waals surface area contributed by atoms with Gasteiger partial charge in [-0.15, -0.1) is 11.3 Å². The van der Waals surface area contributed by atoms with Gasteiger partial charge < -0.3 is 15.2 Å². The van der Waals surface area contributed by atoms with E-state index >= 15 is 0 Å². The molecule has 1 aliphatic rings. The molecular formula is C28H23NO4S. The third-order valence-electron chi connectivity index (χ3n) is 6.13. The summed E-state index contributed by atoms with van der Waals surface area (Å²) < 4.78 is 5.51. The van der Waals surface area contributed by atoms with Crippen molar-refractivity contribution in [2.75, 3.05) is 6.61 Å². The highest BCUT2D eigenvalue weighted by Gasteiger charge is 2.29. The summed E-state index contributed by atoms with van der Waals surface area (Å²) >= 11 is 1.65. The minimum atomic E-state index is -1.10. The number of aliphatic carboxylic acids is 1. The van der Waals surface area contributed by atoms with Crippen LogP contribution in [0.5, 0.6) is 0 Å². The Hall–Kier alpha value is -3.90. The zero-order valence-electron chi connectivity index (χ0n) is 18.3. The van der Waals surface area contributed by atoms with Gasteiger partial charge in [0, 0.05) is 17.2 Å². The Morgan fingerprint density at radius 3 is 2.12 bits per heavy atom. The first-order valence-corrected chi connectivity index (χ1v) is 12.0. The van der Waals surface area contributed by atoms with Crippen LogP contribution in [0.2, 0.25) is 0 Å². The van der Waals surface area contributed by atoms with Crippen LogP contribution < -0.4 is 5.32 Å². The molecule has 1 atom stereocenters. The number of carbonyl (C=O) groups excluding carboxylic acids is 1. The lowest BCUT2D eigenvalue weighted by Gasteiger charge is -2.17. The first-order valence-electron chi connectivity index (χ1n) is 11.1. The molecule has 1 heterocycles. The molecule has 5 rings (SSSR count). The van der Waals surface area contributed by atoms with Crippen LogP contribution in [0.1, 0.15) is 22.6 Å². The lowest BCUT2D eigenvalue weighted by molar-refractivity contribution is -0.139. The van der Waals surface area contributed by atoms with Gasteiger partial charge in [0.25, 0.3) is 0 Å². The molecule has 0 bridgehead atoms. The van der Waals surface area contributed by atoms with E-state index in [-0.39, 0.29) is 18.9 Å². The van der Waals surface area contributed by atoms with E-state index in [2.05, 4.69) is 17.4 Å². The molecular weight excluding hydrogens is 446 g/mol. The summed E-state index contributed by atoms with van der Waals surface area (Å²) in [5.41, 5.74) is 6.40. The monoisotopic (exact) mass is 469 g/mol. The van der Waals surface area contributed by atoms with Crippen LogP contribution in [0.3, 0.4) is 0 Å². The minimum Gasteiger partial charge on any atom is -0.480 e. The Labute approximate surface area is 201 Å². The number of fused-ring (bicyclic) bond motifs is 3. The number of ether oxygens (including phenoxy) is 1. The van der Waals surface area contributed by atoms with E-state index in [4.69, 9.17) is 4.74 Å². The molecule has 34 heavy (non-hydrogen) atoms. The molecule has 5 nitrogen and oxygen atoms in total. The molecule has 2 N–H and O–H groups in total. The normalized spacial score (nSPS) is 13.1. The van der Waals surface area contributed by atoms with Crippen LogP contribution in [-0.2, 0) is 16.0 Å². The van der Waals surface area contributed by atoms with Gasteiger partial charge in [0.05, 0.1) is 0 Å². The maximum atomic E-state index is 12.5. The van der Waals surface area contributed by atoms with E-state index < -0.39 is 18.1 Å². The molecule has 0 spiro atoms. The smallest absolute Gasteiger partial charge is 0.407 e. The fraction of sp³-hybridized carbons (Fsp3) is 0.143. The van der Waals surface area contributed by atoms with Crippen LogP contribution in [0, 0.1) is 0 Å². The third-order valence-corrected chi connectivity index (χ3v) is 7.05. The number of carboxylic acid groups (broad SMARTS) is 1. The van der Waals surface area contributed by atoms with E-state index in [1.807, 2.05) is 78.2 Å². The second-order valence-electron chi connectivity index (χ2n) is 8.24. The van der Waals surface area contributed by atoms with Gasteiger partial charge in [0.1, 0.15) is 12.6 Å².